The lowest BCUT2D eigenvalue weighted by Gasteiger charge is -2.17. The van der Waals surface area contributed by atoms with Crippen LogP contribution in [0.4, 0.5) is 5.69 Å². The third-order valence-electron chi connectivity index (χ3n) is 2.45. The molecule has 0 saturated carbocycles. The van der Waals surface area contributed by atoms with Gasteiger partial charge in [-0.15, -0.1) is 11.3 Å². The zero-order chi connectivity index (χ0) is 11.4. The molecule has 0 saturated heterocycles. The molecule has 1 unspecified atom stereocenters. The summed E-state index contributed by atoms with van der Waals surface area (Å²) in [5.41, 5.74) is 4.00. The van der Waals surface area contributed by atoms with E-state index in [1.807, 2.05) is 31.2 Å². The predicted octanol–water partition coefficient (Wildman–Crippen LogP) is 2.60. The lowest BCUT2D eigenvalue weighted by Crippen LogP contribution is -2.14. The van der Waals surface area contributed by atoms with Crippen molar-refractivity contribution in [3.63, 3.8) is 0 Å². The number of aryl methyl sites for hydroxylation is 1. The Kier molecular flexibility index (Phi) is 3.54. The fourth-order valence-electron chi connectivity index (χ4n) is 1.53. The van der Waals surface area contributed by atoms with Crippen LogP contribution >= 0.6 is 11.3 Å². The first-order valence-corrected chi connectivity index (χ1v) is 6.00. The van der Waals surface area contributed by atoms with Gasteiger partial charge in [-0.3, -0.25) is 4.98 Å². The molecule has 2 rings (SSSR count). The molecule has 0 aliphatic rings. The molecule has 0 amide bonds. The highest BCUT2D eigenvalue weighted by atomic mass is 32.1. The monoisotopic (exact) mass is 234 g/mol. The van der Waals surface area contributed by atoms with E-state index in [1.54, 1.807) is 23.0 Å². The zero-order valence-corrected chi connectivity index (χ0v) is 9.87. The lowest BCUT2D eigenvalue weighted by atomic mass is 10.1. The molecule has 2 aromatic rings. The summed E-state index contributed by atoms with van der Waals surface area (Å²) in [6.07, 6.45) is 1.79. The first-order chi connectivity index (χ1) is 7.81. The molecular formula is C12H14N2OS. The van der Waals surface area contributed by atoms with Crippen LogP contribution in [0.2, 0.25) is 0 Å². The van der Waals surface area contributed by atoms with Crippen molar-refractivity contribution in [3.05, 3.63) is 46.4 Å². The maximum Gasteiger partial charge on any atom is 0.0853 e. The molecule has 0 fully saturated rings. The molecule has 0 spiro atoms. The molecule has 16 heavy (non-hydrogen) atoms. The maximum absolute atomic E-state index is 9.37. The first kappa shape index (κ1) is 11.1. The first-order valence-electron chi connectivity index (χ1n) is 5.12. The zero-order valence-electron chi connectivity index (χ0n) is 9.05. The number of aliphatic hydroxyl groups excluding tert-OH is 1. The number of rotatable bonds is 4. The van der Waals surface area contributed by atoms with Crippen molar-refractivity contribution in [2.75, 3.05) is 11.9 Å². The van der Waals surface area contributed by atoms with Crippen molar-refractivity contribution < 1.29 is 5.11 Å². The second-order valence-corrected chi connectivity index (χ2v) is 4.52. The summed E-state index contributed by atoms with van der Waals surface area (Å²) in [6, 6.07) is 7.97. The lowest BCUT2D eigenvalue weighted by molar-refractivity contribution is 0.277. The number of nitrogens with one attached hydrogen (secondary N) is 1. The fourth-order valence-corrected chi connectivity index (χ4v) is 2.19. The number of benzene rings is 1. The average Bonchev–Trinajstić information content (AvgIpc) is 2.81. The number of para-hydroxylation sites is 1. The van der Waals surface area contributed by atoms with Crippen LogP contribution in [0, 0.1) is 6.92 Å². The average molecular weight is 234 g/mol. The Balaban J connectivity index is 2.17. The van der Waals surface area contributed by atoms with E-state index in [2.05, 4.69) is 10.3 Å². The molecule has 0 aliphatic carbocycles. The molecule has 1 aromatic heterocycles. The number of hydrogen-bond acceptors (Lipinski definition) is 4. The van der Waals surface area contributed by atoms with Gasteiger partial charge in [0.2, 0.25) is 0 Å². The van der Waals surface area contributed by atoms with Gasteiger partial charge in [0.1, 0.15) is 0 Å². The van der Waals surface area contributed by atoms with E-state index in [0.29, 0.717) is 0 Å². The summed E-state index contributed by atoms with van der Waals surface area (Å²) < 4.78 is 0. The van der Waals surface area contributed by atoms with Crippen LogP contribution in [0.3, 0.4) is 0 Å². The molecule has 0 aliphatic heterocycles. The number of nitrogens with zero attached hydrogens (tertiary/aromatic N) is 1. The van der Waals surface area contributed by atoms with Crippen molar-refractivity contribution >= 4 is 17.0 Å². The Bertz CT molecular complexity index is 442. The Morgan fingerprint density at radius 3 is 2.88 bits per heavy atom. The Hall–Kier alpha value is -1.39. The maximum atomic E-state index is 9.37. The summed E-state index contributed by atoms with van der Waals surface area (Å²) in [6.45, 7) is 2.11. The summed E-state index contributed by atoms with van der Waals surface area (Å²) in [4.78, 5) is 5.07. The molecule has 84 valence electrons. The Morgan fingerprint density at radius 1 is 1.44 bits per heavy atom. The molecule has 1 aromatic carbocycles. The van der Waals surface area contributed by atoms with Crippen molar-refractivity contribution in [1.29, 1.82) is 0 Å². The van der Waals surface area contributed by atoms with Crippen molar-refractivity contribution in [2.24, 2.45) is 0 Å². The van der Waals surface area contributed by atoms with Crippen LogP contribution in [-0.4, -0.2) is 16.7 Å². The number of thiazole rings is 1. The van der Waals surface area contributed by atoms with E-state index in [0.717, 1.165) is 10.6 Å². The largest absolute Gasteiger partial charge is 0.394 e. The minimum atomic E-state index is -0.0754. The number of hydrogen-bond donors (Lipinski definition) is 2. The van der Waals surface area contributed by atoms with Crippen molar-refractivity contribution in [1.82, 2.24) is 4.98 Å². The second kappa shape index (κ2) is 5.09. The minimum Gasteiger partial charge on any atom is -0.394 e. The van der Waals surface area contributed by atoms with E-state index in [1.165, 1.54) is 5.56 Å². The molecule has 0 bridgehead atoms. The highest BCUT2D eigenvalue weighted by Crippen LogP contribution is 2.23. The van der Waals surface area contributed by atoms with Crippen LogP contribution in [0.1, 0.15) is 16.5 Å². The highest BCUT2D eigenvalue weighted by molar-refractivity contribution is 7.09. The van der Waals surface area contributed by atoms with Crippen LogP contribution < -0.4 is 5.32 Å². The molecule has 4 heteroatoms. The molecular weight excluding hydrogens is 220 g/mol. The SMILES string of the molecule is Cc1ccccc1NC(CO)c1cncs1. The van der Waals surface area contributed by atoms with Gasteiger partial charge in [-0.2, -0.15) is 0 Å². The van der Waals surface area contributed by atoms with E-state index >= 15 is 0 Å². The van der Waals surface area contributed by atoms with E-state index in [9.17, 15) is 5.11 Å². The van der Waals surface area contributed by atoms with Gasteiger partial charge in [-0.25, -0.2) is 0 Å². The topological polar surface area (TPSA) is 45.1 Å². The number of anilines is 1. The van der Waals surface area contributed by atoms with E-state index < -0.39 is 0 Å². The Labute approximate surface area is 98.8 Å². The van der Waals surface area contributed by atoms with E-state index in [-0.39, 0.29) is 12.6 Å². The van der Waals surface area contributed by atoms with Gasteiger partial charge in [-0.1, -0.05) is 18.2 Å². The number of aromatic nitrogens is 1. The van der Waals surface area contributed by atoms with Gasteiger partial charge in [0.05, 0.1) is 18.2 Å². The van der Waals surface area contributed by atoms with Gasteiger partial charge in [0.15, 0.2) is 0 Å². The number of aliphatic hydroxyl groups is 1. The summed E-state index contributed by atoms with van der Waals surface area (Å²) in [5.74, 6) is 0. The smallest absolute Gasteiger partial charge is 0.0853 e. The van der Waals surface area contributed by atoms with Crippen molar-refractivity contribution in [2.45, 2.75) is 13.0 Å². The standard InChI is InChI=1S/C12H14N2OS/c1-9-4-2-3-5-10(9)14-11(7-15)12-6-13-8-16-12/h2-6,8,11,14-15H,7H2,1H3. The third-order valence-corrected chi connectivity index (χ3v) is 3.34. The normalized spacial score (nSPS) is 12.4. The Morgan fingerprint density at radius 2 is 2.25 bits per heavy atom. The van der Waals surface area contributed by atoms with Crippen LogP contribution in [0.25, 0.3) is 0 Å². The second-order valence-electron chi connectivity index (χ2n) is 3.60. The molecule has 1 atom stereocenters. The van der Waals surface area contributed by atoms with E-state index in [4.69, 9.17) is 0 Å². The van der Waals surface area contributed by atoms with Gasteiger partial charge in [0, 0.05) is 16.8 Å². The summed E-state index contributed by atoms with van der Waals surface area (Å²) in [7, 11) is 0. The molecule has 1 heterocycles. The van der Waals surface area contributed by atoms with Crippen LogP contribution in [0.5, 0.6) is 0 Å². The quantitative estimate of drug-likeness (QED) is 0.854. The van der Waals surface area contributed by atoms with Gasteiger partial charge in [0.25, 0.3) is 0 Å². The third kappa shape index (κ3) is 2.40. The highest BCUT2D eigenvalue weighted by Gasteiger charge is 2.12. The van der Waals surface area contributed by atoms with Crippen molar-refractivity contribution in [3.8, 4) is 0 Å². The van der Waals surface area contributed by atoms with Crippen LogP contribution in [-0.2, 0) is 0 Å². The molecule has 3 nitrogen and oxygen atoms in total. The van der Waals surface area contributed by atoms with Gasteiger partial charge in [-0.05, 0) is 18.6 Å². The molecule has 0 radical (unpaired) electrons. The minimum absolute atomic E-state index is 0.0660. The van der Waals surface area contributed by atoms with Crippen LogP contribution in [0.15, 0.2) is 36.0 Å². The summed E-state index contributed by atoms with van der Waals surface area (Å²) in [5, 5.41) is 12.7. The van der Waals surface area contributed by atoms with Gasteiger partial charge >= 0.3 is 0 Å². The summed E-state index contributed by atoms with van der Waals surface area (Å²) >= 11 is 1.55. The van der Waals surface area contributed by atoms with Gasteiger partial charge < -0.3 is 10.4 Å². The fraction of sp³-hybridized carbons (Fsp3) is 0.250. The predicted molar refractivity (Wildman–Crippen MR) is 66.7 cm³/mol. The molecule has 2 N–H and O–H groups in total.